The van der Waals surface area contributed by atoms with E-state index < -0.39 is 0 Å². The van der Waals surface area contributed by atoms with Gasteiger partial charge in [0.15, 0.2) is 0 Å². The number of hydrogen-bond acceptors (Lipinski definition) is 3. The standard InChI is InChI=1S/C19H20ClNO2S/c1-14-12-21(10-11-23-14)19(22)16-4-2-15(3-5-16)13-24-18-8-6-17(20)7-9-18/h2-9,14H,10-13H2,1H3/t14-/m0/s1. The van der Waals surface area contributed by atoms with E-state index in [4.69, 9.17) is 16.3 Å². The molecule has 1 aliphatic rings. The Labute approximate surface area is 151 Å². The Balaban J connectivity index is 1.58. The summed E-state index contributed by atoms with van der Waals surface area (Å²) in [6, 6.07) is 15.7. The summed E-state index contributed by atoms with van der Waals surface area (Å²) in [6.07, 6.45) is 0.109. The highest BCUT2D eigenvalue weighted by molar-refractivity contribution is 7.98. The fourth-order valence-corrected chi connectivity index (χ4v) is 3.61. The third-order valence-electron chi connectivity index (χ3n) is 3.95. The highest BCUT2D eigenvalue weighted by Crippen LogP contribution is 2.24. The summed E-state index contributed by atoms with van der Waals surface area (Å²) in [5.74, 6) is 0.951. The van der Waals surface area contributed by atoms with Gasteiger partial charge in [-0.1, -0.05) is 23.7 Å². The molecule has 1 fully saturated rings. The van der Waals surface area contributed by atoms with E-state index in [0.717, 1.165) is 16.3 Å². The highest BCUT2D eigenvalue weighted by atomic mass is 35.5. The van der Waals surface area contributed by atoms with Crippen molar-refractivity contribution in [3.8, 4) is 0 Å². The molecule has 2 aromatic carbocycles. The van der Waals surface area contributed by atoms with Gasteiger partial charge >= 0.3 is 0 Å². The van der Waals surface area contributed by atoms with Crippen molar-refractivity contribution in [2.75, 3.05) is 19.7 Å². The SMILES string of the molecule is C[C@H]1CN(C(=O)c2ccc(CSc3ccc(Cl)cc3)cc2)CCO1. The number of thioether (sulfide) groups is 1. The maximum atomic E-state index is 12.5. The zero-order chi connectivity index (χ0) is 16.9. The average molecular weight is 362 g/mol. The molecule has 1 amide bonds. The van der Waals surface area contributed by atoms with Crippen molar-refractivity contribution in [2.45, 2.75) is 23.7 Å². The van der Waals surface area contributed by atoms with Crippen molar-refractivity contribution in [1.82, 2.24) is 4.90 Å². The molecule has 126 valence electrons. The monoisotopic (exact) mass is 361 g/mol. The van der Waals surface area contributed by atoms with Crippen LogP contribution in [0.1, 0.15) is 22.8 Å². The van der Waals surface area contributed by atoms with E-state index in [1.54, 1.807) is 11.8 Å². The molecule has 1 aliphatic heterocycles. The molecule has 2 aromatic rings. The van der Waals surface area contributed by atoms with Gasteiger partial charge in [0.1, 0.15) is 0 Å². The summed E-state index contributed by atoms with van der Waals surface area (Å²) < 4.78 is 5.49. The maximum absolute atomic E-state index is 12.5. The predicted molar refractivity (Wildman–Crippen MR) is 98.8 cm³/mol. The molecule has 0 aromatic heterocycles. The Morgan fingerprint density at radius 3 is 2.58 bits per heavy atom. The lowest BCUT2D eigenvalue weighted by molar-refractivity contribution is -0.0124. The third-order valence-corrected chi connectivity index (χ3v) is 5.28. The first kappa shape index (κ1) is 17.3. The van der Waals surface area contributed by atoms with Crippen LogP contribution < -0.4 is 0 Å². The number of rotatable bonds is 4. The molecule has 5 heteroatoms. The molecule has 0 N–H and O–H groups in total. The van der Waals surface area contributed by atoms with Gasteiger partial charge in [-0.25, -0.2) is 0 Å². The van der Waals surface area contributed by atoms with Crippen LogP contribution in [0.5, 0.6) is 0 Å². The highest BCUT2D eigenvalue weighted by Gasteiger charge is 2.22. The van der Waals surface area contributed by atoms with Gasteiger partial charge in [-0.2, -0.15) is 0 Å². The van der Waals surface area contributed by atoms with Crippen molar-refractivity contribution in [3.05, 3.63) is 64.7 Å². The molecule has 0 unspecified atom stereocenters. The number of halogens is 1. The molecule has 1 heterocycles. The summed E-state index contributed by atoms with van der Waals surface area (Å²) in [4.78, 5) is 15.6. The molecule has 0 aliphatic carbocycles. The number of morpholine rings is 1. The van der Waals surface area contributed by atoms with Crippen LogP contribution in [0.3, 0.4) is 0 Å². The first-order valence-electron chi connectivity index (χ1n) is 8.00. The fraction of sp³-hybridized carbons (Fsp3) is 0.316. The smallest absolute Gasteiger partial charge is 0.254 e. The molecule has 0 bridgehead atoms. The van der Waals surface area contributed by atoms with E-state index in [2.05, 4.69) is 0 Å². The van der Waals surface area contributed by atoms with Gasteiger partial charge in [-0.05, 0) is 48.9 Å². The molecular weight excluding hydrogens is 342 g/mol. The quantitative estimate of drug-likeness (QED) is 0.751. The lowest BCUT2D eigenvalue weighted by atomic mass is 10.1. The minimum absolute atomic E-state index is 0.0852. The first-order chi connectivity index (χ1) is 11.6. The van der Waals surface area contributed by atoms with Crippen LogP contribution in [-0.2, 0) is 10.5 Å². The average Bonchev–Trinajstić information content (AvgIpc) is 2.61. The summed E-state index contributed by atoms with van der Waals surface area (Å²) in [5, 5.41) is 0.750. The van der Waals surface area contributed by atoms with E-state index in [9.17, 15) is 4.79 Å². The first-order valence-corrected chi connectivity index (χ1v) is 9.36. The molecule has 24 heavy (non-hydrogen) atoms. The molecule has 0 radical (unpaired) electrons. The number of ether oxygens (including phenoxy) is 1. The molecule has 3 nitrogen and oxygen atoms in total. The van der Waals surface area contributed by atoms with Crippen LogP contribution in [-0.4, -0.2) is 36.6 Å². The Morgan fingerprint density at radius 1 is 1.21 bits per heavy atom. The van der Waals surface area contributed by atoms with Gasteiger partial charge < -0.3 is 9.64 Å². The second-order valence-electron chi connectivity index (χ2n) is 5.87. The number of nitrogens with zero attached hydrogens (tertiary/aromatic N) is 1. The summed E-state index contributed by atoms with van der Waals surface area (Å²) >= 11 is 7.65. The minimum atomic E-state index is 0.0852. The van der Waals surface area contributed by atoms with Crippen molar-refractivity contribution >= 4 is 29.3 Å². The van der Waals surface area contributed by atoms with E-state index >= 15 is 0 Å². The number of amides is 1. The second kappa shape index (κ2) is 8.06. The van der Waals surface area contributed by atoms with Gasteiger partial charge in [-0.15, -0.1) is 11.8 Å². The fourth-order valence-electron chi connectivity index (χ4n) is 2.63. The van der Waals surface area contributed by atoms with Crippen molar-refractivity contribution in [1.29, 1.82) is 0 Å². The van der Waals surface area contributed by atoms with E-state index in [-0.39, 0.29) is 12.0 Å². The van der Waals surface area contributed by atoms with Crippen LogP contribution >= 0.6 is 23.4 Å². The lowest BCUT2D eigenvalue weighted by Gasteiger charge is -2.31. The minimum Gasteiger partial charge on any atom is -0.375 e. The summed E-state index contributed by atoms with van der Waals surface area (Å²) in [6.45, 7) is 3.93. The molecule has 1 saturated heterocycles. The van der Waals surface area contributed by atoms with E-state index in [1.165, 1.54) is 10.5 Å². The summed E-state index contributed by atoms with van der Waals surface area (Å²) in [7, 11) is 0. The van der Waals surface area contributed by atoms with Crippen LogP contribution in [0, 0.1) is 0 Å². The van der Waals surface area contributed by atoms with E-state index in [1.807, 2.05) is 60.4 Å². The normalized spacial score (nSPS) is 17.8. The van der Waals surface area contributed by atoms with Crippen LogP contribution in [0.15, 0.2) is 53.4 Å². The summed E-state index contributed by atoms with van der Waals surface area (Å²) in [5.41, 5.74) is 1.94. The number of hydrogen-bond donors (Lipinski definition) is 0. The van der Waals surface area contributed by atoms with Crippen LogP contribution in [0.25, 0.3) is 0 Å². The Kier molecular flexibility index (Phi) is 5.82. The van der Waals surface area contributed by atoms with Gasteiger partial charge in [0.2, 0.25) is 0 Å². The van der Waals surface area contributed by atoms with Gasteiger partial charge in [0.05, 0.1) is 12.7 Å². The lowest BCUT2D eigenvalue weighted by Crippen LogP contribution is -2.44. The Morgan fingerprint density at radius 2 is 1.92 bits per heavy atom. The largest absolute Gasteiger partial charge is 0.375 e. The molecule has 0 saturated carbocycles. The van der Waals surface area contributed by atoms with Gasteiger partial charge in [-0.3, -0.25) is 4.79 Å². The number of carbonyl (C=O) groups excluding carboxylic acids is 1. The molecule has 3 rings (SSSR count). The van der Waals surface area contributed by atoms with Crippen molar-refractivity contribution < 1.29 is 9.53 Å². The van der Waals surface area contributed by atoms with Crippen molar-refractivity contribution in [3.63, 3.8) is 0 Å². The maximum Gasteiger partial charge on any atom is 0.254 e. The topological polar surface area (TPSA) is 29.5 Å². The van der Waals surface area contributed by atoms with Crippen molar-refractivity contribution in [2.24, 2.45) is 0 Å². The predicted octanol–water partition coefficient (Wildman–Crippen LogP) is 4.49. The Bertz CT molecular complexity index is 688. The van der Waals surface area contributed by atoms with Crippen LogP contribution in [0.2, 0.25) is 5.02 Å². The van der Waals surface area contributed by atoms with Gasteiger partial charge in [0, 0.05) is 34.3 Å². The second-order valence-corrected chi connectivity index (χ2v) is 7.36. The third kappa shape index (κ3) is 4.53. The zero-order valence-corrected chi connectivity index (χ0v) is 15.1. The molecule has 1 atom stereocenters. The Hall–Kier alpha value is -1.49. The molecule has 0 spiro atoms. The van der Waals surface area contributed by atoms with Gasteiger partial charge in [0.25, 0.3) is 5.91 Å². The van der Waals surface area contributed by atoms with E-state index in [0.29, 0.717) is 19.7 Å². The molecular formula is C19H20ClNO2S. The zero-order valence-electron chi connectivity index (χ0n) is 13.6. The van der Waals surface area contributed by atoms with Crippen LogP contribution in [0.4, 0.5) is 0 Å². The number of benzene rings is 2. The number of carbonyl (C=O) groups is 1.